The van der Waals surface area contributed by atoms with Crippen LogP contribution in [0.5, 0.6) is 17.2 Å². The highest BCUT2D eigenvalue weighted by Crippen LogP contribution is 2.65. The van der Waals surface area contributed by atoms with Crippen LogP contribution in [-0.4, -0.2) is 143 Å². The Morgan fingerprint density at radius 2 is 1.90 bits per heavy atom. The zero-order valence-corrected chi connectivity index (χ0v) is 40.7. The van der Waals surface area contributed by atoms with Gasteiger partial charge in [-0.1, -0.05) is 11.6 Å². The second kappa shape index (κ2) is 20.2. The molecule has 4 aliphatic heterocycles. The van der Waals surface area contributed by atoms with Gasteiger partial charge in [-0.15, -0.1) is 0 Å². The van der Waals surface area contributed by atoms with Crippen molar-refractivity contribution in [2.45, 2.75) is 88.4 Å². The maximum absolute atomic E-state index is 14.6. The molecule has 1 saturated heterocycles. The van der Waals surface area contributed by atoms with Gasteiger partial charge in [0.1, 0.15) is 28.6 Å². The van der Waals surface area contributed by atoms with Gasteiger partial charge in [-0.25, -0.2) is 4.79 Å². The molecular weight excluding hydrogens is 913 g/mol. The van der Waals surface area contributed by atoms with Crippen LogP contribution in [0, 0.1) is 41.4 Å². The fourth-order valence-corrected chi connectivity index (χ4v) is 14.1. The molecule has 10 atom stereocenters. The summed E-state index contributed by atoms with van der Waals surface area (Å²) in [5.74, 6) is -4.75. The van der Waals surface area contributed by atoms with Gasteiger partial charge < -0.3 is 64.2 Å². The fourth-order valence-electron chi connectivity index (χ4n) is 14.1. The Morgan fingerprint density at radius 1 is 1.06 bits per heavy atom. The van der Waals surface area contributed by atoms with Gasteiger partial charge in [0, 0.05) is 99.6 Å². The molecule has 382 valence electrons. The van der Waals surface area contributed by atoms with E-state index in [-0.39, 0.29) is 121 Å². The molecule has 5 heterocycles. The molecule has 71 heavy (non-hydrogen) atoms. The first-order valence-electron chi connectivity index (χ1n) is 25.6. The summed E-state index contributed by atoms with van der Waals surface area (Å²) in [6, 6.07) is 5.96. The first-order chi connectivity index (χ1) is 34.5. The number of aromatic amines is 1. The lowest BCUT2D eigenvalue weighted by Crippen LogP contribution is -2.73. The number of carbonyl (C=O) groups excluding carboxylic acids is 3. The van der Waals surface area contributed by atoms with Gasteiger partial charge in [0.15, 0.2) is 11.9 Å². The molecule has 2 aromatic carbocycles. The van der Waals surface area contributed by atoms with E-state index in [1.165, 1.54) is 0 Å². The number of carbonyl (C=O) groups is 3. The number of allylic oxidation sites excluding steroid dienone is 4. The molecule has 0 unspecified atom stereocenters. The monoisotopic (exact) mass is 980 g/mol. The zero-order valence-electron chi connectivity index (χ0n) is 40.7. The number of hydrogen-bond donors (Lipinski definition) is 7. The van der Waals surface area contributed by atoms with E-state index >= 15 is 0 Å². The predicted molar refractivity (Wildman–Crippen MR) is 259 cm³/mol. The van der Waals surface area contributed by atoms with Crippen molar-refractivity contribution in [1.82, 2.24) is 9.88 Å². The molecule has 10 rings (SSSR count). The number of nitrogens with zero attached hydrogens (tertiary/aromatic N) is 1. The number of ketones is 1. The van der Waals surface area contributed by atoms with Gasteiger partial charge in [-0.2, -0.15) is 0 Å². The third-order valence-electron chi connectivity index (χ3n) is 17.3. The van der Waals surface area contributed by atoms with Gasteiger partial charge in [0.2, 0.25) is 5.76 Å². The van der Waals surface area contributed by atoms with E-state index in [4.69, 9.17) is 23.7 Å². The standard InChI is InChI=1S/C55H68N2O14/c1-3-68-53(65)52-41(27-62)45-34-17-37(26-61)48(64)39(20-34)38-19-33-8-12-56-44(33)21-32(38)6-5-30(24-59)29-69-50-40-22-54(71-49(40)42(28-63)51(70-52)46(45)50)11-7-31(10-15-58)47-36(25-60)18-35-23-57(13-4-16-67-2)14-9-43(35)55(47,54)66/h7-8,11-12,19,21,27,30-31,35-37,39,43,47,56,58-61,63,66H,3-6,9-10,13-18,20,22-26,28-29H2,1-2H3/b45-34-/t30-,31-,35+,36+,37-,39+,43-,47+,54-,55-/m0/s1. The third-order valence-corrected chi connectivity index (χ3v) is 17.3. The average molecular weight is 981 g/mol. The van der Waals surface area contributed by atoms with Crippen molar-refractivity contribution in [2.24, 2.45) is 41.4 Å². The van der Waals surface area contributed by atoms with E-state index in [9.17, 15) is 45.0 Å². The van der Waals surface area contributed by atoms with Crippen molar-refractivity contribution < 1.29 is 68.7 Å². The predicted octanol–water partition coefficient (Wildman–Crippen LogP) is 4.09. The number of fused-ring (bicyclic) bond motifs is 11. The number of aryl methyl sites for hydroxylation is 1. The molecule has 2 saturated carbocycles. The number of aromatic nitrogens is 1. The van der Waals surface area contributed by atoms with E-state index in [0.717, 1.165) is 35.0 Å². The summed E-state index contributed by atoms with van der Waals surface area (Å²) < 4.78 is 31.8. The number of methoxy groups -OCH3 is 1. The van der Waals surface area contributed by atoms with Crippen LogP contribution in [0.15, 0.2) is 53.5 Å². The number of likely N-dealkylation sites (tertiary alicyclic amines) is 1. The summed E-state index contributed by atoms with van der Waals surface area (Å²) in [6.45, 7) is 2.70. The quantitative estimate of drug-likeness (QED) is 0.0553. The molecule has 1 aromatic heterocycles. The van der Waals surface area contributed by atoms with E-state index in [0.29, 0.717) is 69.2 Å². The zero-order chi connectivity index (χ0) is 49.8. The minimum absolute atomic E-state index is 0.0195. The van der Waals surface area contributed by atoms with E-state index in [1.807, 2.05) is 36.5 Å². The smallest absolute Gasteiger partial charge is 0.375 e. The normalized spacial score (nSPS) is 32.3. The van der Waals surface area contributed by atoms with Gasteiger partial charge in [-0.3, -0.25) is 9.59 Å². The number of Topliss-reactive ketones (excluding diaryl/α,β-unsaturated/α-hetero) is 1. The van der Waals surface area contributed by atoms with Gasteiger partial charge in [0.25, 0.3) is 0 Å². The summed E-state index contributed by atoms with van der Waals surface area (Å²) in [5.41, 5.74) is 0.975. The van der Waals surface area contributed by atoms with Gasteiger partial charge in [-0.05, 0) is 129 Å². The highest BCUT2D eigenvalue weighted by Gasteiger charge is 2.70. The Labute approximate surface area is 413 Å². The minimum Gasteiger partial charge on any atom is -0.492 e. The molecule has 7 N–H and O–H groups in total. The number of ether oxygens (including phenoxy) is 5. The molecule has 1 spiro atoms. The average Bonchev–Trinajstić information content (AvgIpc) is 4.01. The number of aliphatic hydroxyl groups is 6. The van der Waals surface area contributed by atoms with Gasteiger partial charge in [0.05, 0.1) is 43.1 Å². The van der Waals surface area contributed by atoms with Crippen LogP contribution < -0.4 is 14.2 Å². The minimum atomic E-state index is -1.63. The van der Waals surface area contributed by atoms with Crippen molar-refractivity contribution in [3.63, 3.8) is 0 Å². The lowest BCUT2D eigenvalue weighted by molar-refractivity contribution is -0.244. The van der Waals surface area contributed by atoms with Crippen molar-refractivity contribution in [3.8, 4) is 17.2 Å². The lowest BCUT2D eigenvalue weighted by atomic mass is 9.47. The van der Waals surface area contributed by atoms with Crippen molar-refractivity contribution in [1.29, 1.82) is 0 Å². The van der Waals surface area contributed by atoms with Crippen LogP contribution in [0.25, 0.3) is 16.5 Å². The Bertz CT molecular complexity index is 2650. The summed E-state index contributed by atoms with van der Waals surface area (Å²) in [5, 5.41) is 70.4. The molecule has 2 bridgehead atoms. The molecule has 3 aromatic rings. The number of aliphatic hydroxyl groups excluding tert-OH is 5. The number of esters is 1. The first-order valence-corrected chi connectivity index (χ1v) is 25.6. The maximum atomic E-state index is 14.6. The van der Waals surface area contributed by atoms with Crippen LogP contribution in [0.4, 0.5) is 0 Å². The van der Waals surface area contributed by atoms with E-state index in [2.05, 4.69) is 9.88 Å². The van der Waals surface area contributed by atoms with Crippen LogP contribution in [-0.2, 0) is 43.3 Å². The maximum Gasteiger partial charge on any atom is 0.375 e. The van der Waals surface area contributed by atoms with Crippen molar-refractivity contribution in [2.75, 3.05) is 73.0 Å². The molecule has 0 radical (unpaired) electrons. The molecule has 7 aliphatic rings. The highest BCUT2D eigenvalue weighted by atomic mass is 16.6. The molecule has 3 fully saturated rings. The molecular formula is C55H68N2O14. The van der Waals surface area contributed by atoms with Crippen LogP contribution in [0.2, 0.25) is 0 Å². The molecule has 3 aliphatic carbocycles. The Hall–Kier alpha value is -4.91. The molecule has 16 nitrogen and oxygen atoms in total. The van der Waals surface area contributed by atoms with Crippen LogP contribution in [0.3, 0.4) is 0 Å². The van der Waals surface area contributed by atoms with Crippen LogP contribution >= 0.6 is 0 Å². The summed E-state index contributed by atoms with van der Waals surface area (Å²) in [4.78, 5) is 48.2. The van der Waals surface area contributed by atoms with Crippen molar-refractivity contribution in [3.05, 3.63) is 81.3 Å². The number of piperidine rings is 1. The fraction of sp³-hybridized carbons (Fsp3) is 0.582. The second-order valence-corrected chi connectivity index (χ2v) is 20.9. The third kappa shape index (κ3) is 8.17. The summed E-state index contributed by atoms with van der Waals surface area (Å²) >= 11 is 0. The summed E-state index contributed by atoms with van der Waals surface area (Å²) in [7, 11) is 1.69. The molecule has 16 heteroatoms. The Kier molecular flexibility index (Phi) is 14.1. The topological polar surface area (TPSA) is 238 Å². The van der Waals surface area contributed by atoms with E-state index in [1.54, 1.807) is 14.0 Å². The second-order valence-electron chi connectivity index (χ2n) is 20.9. The number of aldehydes is 1. The van der Waals surface area contributed by atoms with Crippen molar-refractivity contribution >= 4 is 34.5 Å². The number of hydrogen-bond acceptors (Lipinski definition) is 15. The highest BCUT2D eigenvalue weighted by molar-refractivity contribution is 6.11. The Morgan fingerprint density at radius 3 is 2.63 bits per heavy atom. The number of nitrogens with one attached hydrogen (secondary N) is 1. The number of rotatable bonds is 13. The lowest BCUT2D eigenvalue weighted by Gasteiger charge is -2.63. The molecule has 0 amide bonds. The largest absolute Gasteiger partial charge is 0.492 e. The van der Waals surface area contributed by atoms with Crippen LogP contribution in [0.1, 0.15) is 85.6 Å². The van der Waals surface area contributed by atoms with E-state index < -0.39 is 59.8 Å². The Balaban J connectivity index is 1.21. The first kappa shape index (κ1) is 49.7. The number of H-pyrrole nitrogens is 1. The summed E-state index contributed by atoms with van der Waals surface area (Å²) in [6.07, 6.45) is 9.87. The number of benzene rings is 2. The SMILES string of the molecule is CCOC(=O)C1=C(C=O)/C2=C3\C[C@@H](CO)C(=O)[C@H](C3)c3cc4cc[nH]c4cc3CC[C@@H](CO)COc3c4c(c(CO)c(c32)O1)O[C@@]1(C=C[C@@H](CCO)[C@@H]2[C@@H](CO)C[C@@H]3CN(CCCOC)CC[C@@H]3[C@]21O)C4. The van der Waals surface area contributed by atoms with Gasteiger partial charge >= 0.3 is 5.97 Å².